The molecule has 0 saturated carbocycles. The van der Waals surface area contributed by atoms with Gasteiger partial charge in [0.15, 0.2) is 0 Å². The van der Waals surface area contributed by atoms with Crippen LogP contribution in [0.4, 0.5) is 0 Å². The lowest BCUT2D eigenvalue weighted by Crippen LogP contribution is -2.42. The van der Waals surface area contributed by atoms with Crippen molar-refractivity contribution in [2.24, 2.45) is 0 Å². The summed E-state index contributed by atoms with van der Waals surface area (Å²) in [5, 5.41) is 12.5. The number of carbonyl (C=O) groups is 1. The summed E-state index contributed by atoms with van der Waals surface area (Å²) in [6.45, 7) is 1.88. The molecule has 6 heteroatoms. The van der Waals surface area contributed by atoms with Gasteiger partial charge in [0.2, 0.25) is 0 Å². The molecular weight excluding hydrogens is 226 g/mol. The zero-order valence-corrected chi connectivity index (χ0v) is 10.1. The molecule has 1 amide bonds. The van der Waals surface area contributed by atoms with Crippen molar-refractivity contribution in [3.05, 3.63) is 24.3 Å². The molecule has 0 fully saturated rings. The van der Waals surface area contributed by atoms with Crippen molar-refractivity contribution >= 4 is 17.7 Å². The fourth-order valence-electron chi connectivity index (χ4n) is 1.14. The molecule has 2 N–H and O–H groups in total. The molecule has 1 unspecified atom stereocenters. The third-order valence-corrected chi connectivity index (χ3v) is 2.79. The van der Waals surface area contributed by atoms with Gasteiger partial charge in [-0.2, -0.15) is 11.8 Å². The van der Waals surface area contributed by atoms with Crippen LogP contribution >= 0.6 is 11.8 Å². The molecule has 88 valence electrons. The Hall–Kier alpha value is -1.14. The maximum atomic E-state index is 11.6. The normalized spacial score (nSPS) is 14.2. The molecule has 1 atom stereocenters. The first-order valence-corrected chi connectivity index (χ1v) is 6.20. The van der Waals surface area contributed by atoms with E-state index < -0.39 is 5.60 Å². The molecular formula is C10H15N3O2S. The van der Waals surface area contributed by atoms with E-state index in [0.717, 1.165) is 0 Å². The predicted octanol–water partition coefficient (Wildman–Crippen LogP) is 0.320. The van der Waals surface area contributed by atoms with Crippen LogP contribution in [0.15, 0.2) is 18.6 Å². The number of rotatable bonds is 5. The van der Waals surface area contributed by atoms with Crippen molar-refractivity contribution in [2.75, 3.05) is 18.6 Å². The molecule has 0 bridgehead atoms. The number of amides is 1. The highest BCUT2D eigenvalue weighted by Crippen LogP contribution is 2.09. The van der Waals surface area contributed by atoms with Gasteiger partial charge in [-0.3, -0.25) is 9.78 Å². The fraction of sp³-hybridized carbons (Fsp3) is 0.500. The molecule has 0 aliphatic carbocycles. The van der Waals surface area contributed by atoms with Gasteiger partial charge in [0.1, 0.15) is 5.69 Å². The van der Waals surface area contributed by atoms with Gasteiger partial charge in [0.25, 0.3) is 5.91 Å². The molecule has 0 saturated heterocycles. The molecule has 1 rings (SSSR count). The average Bonchev–Trinajstić information content (AvgIpc) is 2.27. The van der Waals surface area contributed by atoms with Gasteiger partial charge in [0, 0.05) is 24.7 Å². The van der Waals surface area contributed by atoms with E-state index in [1.807, 2.05) is 6.26 Å². The maximum Gasteiger partial charge on any atom is 0.271 e. The summed E-state index contributed by atoms with van der Waals surface area (Å²) in [5.74, 6) is 0.239. The van der Waals surface area contributed by atoms with E-state index in [1.165, 1.54) is 30.4 Å². The van der Waals surface area contributed by atoms with E-state index in [2.05, 4.69) is 15.3 Å². The monoisotopic (exact) mass is 241 g/mol. The average molecular weight is 241 g/mol. The maximum absolute atomic E-state index is 11.6. The summed E-state index contributed by atoms with van der Waals surface area (Å²) >= 11 is 1.53. The van der Waals surface area contributed by atoms with Crippen molar-refractivity contribution in [3.8, 4) is 0 Å². The third kappa shape index (κ3) is 4.16. The predicted molar refractivity (Wildman–Crippen MR) is 63.4 cm³/mol. The minimum atomic E-state index is -0.905. The molecule has 16 heavy (non-hydrogen) atoms. The smallest absolute Gasteiger partial charge is 0.271 e. The first kappa shape index (κ1) is 12.9. The van der Waals surface area contributed by atoms with E-state index in [1.54, 1.807) is 6.92 Å². The number of hydrogen-bond donors (Lipinski definition) is 2. The van der Waals surface area contributed by atoms with Crippen molar-refractivity contribution in [3.63, 3.8) is 0 Å². The van der Waals surface area contributed by atoms with Crippen LogP contribution in [0.25, 0.3) is 0 Å². The van der Waals surface area contributed by atoms with Gasteiger partial charge < -0.3 is 10.4 Å². The van der Waals surface area contributed by atoms with E-state index >= 15 is 0 Å². The Labute approximate surface area is 98.7 Å². The Bertz CT molecular complexity index is 343. The van der Waals surface area contributed by atoms with Crippen molar-refractivity contribution in [1.82, 2.24) is 15.3 Å². The van der Waals surface area contributed by atoms with Crippen LogP contribution in [-0.4, -0.2) is 45.1 Å². The van der Waals surface area contributed by atoms with Gasteiger partial charge in [-0.05, 0) is 13.2 Å². The Morgan fingerprint density at radius 3 is 2.94 bits per heavy atom. The van der Waals surface area contributed by atoms with Crippen LogP contribution in [0, 0.1) is 0 Å². The highest BCUT2D eigenvalue weighted by Gasteiger charge is 2.20. The zero-order chi connectivity index (χ0) is 12.0. The Kier molecular flexibility index (Phi) is 4.70. The molecule has 1 aromatic heterocycles. The summed E-state index contributed by atoms with van der Waals surface area (Å²) in [5.41, 5.74) is -0.653. The minimum Gasteiger partial charge on any atom is -0.387 e. The summed E-state index contributed by atoms with van der Waals surface area (Å²) in [7, 11) is 0. The van der Waals surface area contributed by atoms with Gasteiger partial charge in [-0.25, -0.2) is 4.98 Å². The first-order chi connectivity index (χ1) is 7.55. The van der Waals surface area contributed by atoms with Gasteiger partial charge >= 0.3 is 0 Å². The number of nitrogens with zero attached hydrogens (tertiary/aromatic N) is 2. The number of carbonyl (C=O) groups excluding carboxylic acids is 1. The van der Waals surface area contributed by atoms with E-state index in [4.69, 9.17) is 0 Å². The number of thioether (sulfide) groups is 1. The number of hydrogen-bond acceptors (Lipinski definition) is 5. The molecule has 1 aromatic rings. The lowest BCUT2D eigenvalue weighted by molar-refractivity contribution is 0.0722. The quantitative estimate of drug-likeness (QED) is 0.776. The van der Waals surface area contributed by atoms with Crippen LogP contribution < -0.4 is 5.32 Å². The number of aromatic nitrogens is 2. The van der Waals surface area contributed by atoms with Gasteiger partial charge in [-0.15, -0.1) is 0 Å². The summed E-state index contributed by atoms with van der Waals surface area (Å²) in [4.78, 5) is 19.2. The van der Waals surface area contributed by atoms with Crippen LogP contribution in [-0.2, 0) is 0 Å². The second kappa shape index (κ2) is 5.81. The summed E-state index contributed by atoms with van der Waals surface area (Å²) in [6, 6.07) is 0. The van der Waals surface area contributed by atoms with Crippen LogP contribution in [0.2, 0.25) is 0 Å². The van der Waals surface area contributed by atoms with Crippen molar-refractivity contribution in [2.45, 2.75) is 12.5 Å². The van der Waals surface area contributed by atoms with Crippen LogP contribution in [0.3, 0.4) is 0 Å². The van der Waals surface area contributed by atoms with E-state index in [9.17, 15) is 9.90 Å². The van der Waals surface area contributed by atoms with Crippen LogP contribution in [0.1, 0.15) is 17.4 Å². The topological polar surface area (TPSA) is 75.1 Å². The molecule has 0 aliphatic heterocycles. The summed E-state index contributed by atoms with van der Waals surface area (Å²) < 4.78 is 0. The third-order valence-electron chi connectivity index (χ3n) is 1.88. The standard InChI is InChI=1S/C10H15N3O2S/c1-10(15,7-16-2)6-13-9(14)8-5-11-3-4-12-8/h3-5,15H,6-7H2,1-2H3,(H,13,14). The van der Waals surface area contributed by atoms with Crippen LogP contribution in [0.5, 0.6) is 0 Å². The second-order valence-electron chi connectivity index (χ2n) is 3.70. The number of nitrogens with one attached hydrogen (secondary N) is 1. The number of aliphatic hydroxyl groups is 1. The molecule has 0 radical (unpaired) electrons. The lowest BCUT2D eigenvalue weighted by atomic mass is 10.1. The first-order valence-electron chi connectivity index (χ1n) is 4.81. The zero-order valence-electron chi connectivity index (χ0n) is 9.30. The molecule has 0 spiro atoms. The second-order valence-corrected chi connectivity index (χ2v) is 4.57. The van der Waals surface area contributed by atoms with Gasteiger partial charge in [-0.1, -0.05) is 0 Å². The highest BCUT2D eigenvalue weighted by molar-refractivity contribution is 7.98. The lowest BCUT2D eigenvalue weighted by Gasteiger charge is -2.22. The molecule has 1 heterocycles. The van der Waals surface area contributed by atoms with E-state index in [-0.39, 0.29) is 18.1 Å². The van der Waals surface area contributed by atoms with Gasteiger partial charge in [0.05, 0.1) is 11.8 Å². The summed E-state index contributed by atoms with van der Waals surface area (Å²) in [6.07, 6.45) is 6.24. The Morgan fingerprint density at radius 2 is 2.38 bits per heavy atom. The minimum absolute atomic E-state index is 0.198. The molecule has 5 nitrogen and oxygen atoms in total. The van der Waals surface area contributed by atoms with E-state index in [0.29, 0.717) is 5.75 Å². The largest absolute Gasteiger partial charge is 0.387 e. The Morgan fingerprint density at radius 1 is 1.62 bits per heavy atom. The molecule has 0 aromatic carbocycles. The fourth-order valence-corrected chi connectivity index (χ4v) is 1.86. The Balaban J connectivity index is 2.48. The van der Waals surface area contributed by atoms with Crippen molar-refractivity contribution in [1.29, 1.82) is 0 Å². The SMILES string of the molecule is CSCC(C)(O)CNC(=O)c1cnccn1. The highest BCUT2D eigenvalue weighted by atomic mass is 32.2. The van der Waals surface area contributed by atoms with Crippen molar-refractivity contribution < 1.29 is 9.90 Å². The molecule has 0 aliphatic rings.